The van der Waals surface area contributed by atoms with Crippen molar-refractivity contribution in [2.45, 2.75) is 13.3 Å². The van der Waals surface area contributed by atoms with Crippen molar-refractivity contribution in [3.05, 3.63) is 46.2 Å². The number of aryl methyl sites for hydroxylation is 1. The summed E-state index contributed by atoms with van der Waals surface area (Å²) in [7, 11) is 0. The predicted octanol–water partition coefficient (Wildman–Crippen LogP) is 3.42. The highest BCUT2D eigenvalue weighted by Crippen LogP contribution is 2.27. The highest BCUT2D eigenvalue weighted by molar-refractivity contribution is 7.22. The molecule has 23 heavy (non-hydrogen) atoms. The van der Waals surface area contributed by atoms with Gasteiger partial charge >= 0.3 is 0 Å². The molecule has 0 bridgehead atoms. The first-order chi connectivity index (χ1) is 11.1. The molecule has 0 saturated carbocycles. The summed E-state index contributed by atoms with van der Waals surface area (Å²) in [5.41, 5.74) is 2.00. The first kappa shape index (κ1) is 15.6. The molecule has 0 atom stereocenters. The highest BCUT2D eigenvalue weighted by Gasteiger charge is 2.10. The highest BCUT2D eigenvalue weighted by atomic mass is 32.1. The van der Waals surface area contributed by atoms with Gasteiger partial charge in [0.25, 0.3) is 5.91 Å². The second-order valence-electron chi connectivity index (χ2n) is 4.97. The van der Waals surface area contributed by atoms with Crippen LogP contribution in [0, 0.1) is 6.92 Å². The van der Waals surface area contributed by atoms with Crippen LogP contribution >= 0.6 is 22.7 Å². The van der Waals surface area contributed by atoms with Crippen LogP contribution in [-0.2, 0) is 4.79 Å². The van der Waals surface area contributed by atoms with E-state index in [0.717, 1.165) is 15.8 Å². The van der Waals surface area contributed by atoms with Crippen LogP contribution in [0.3, 0.4) is 0 Å². The second kappa shape index (κ2) is 6.89. The number of rotatable bonds is 5. The maximum Gasteiger partial charge on any atom is 0.261 e. The van der Waals surface area contributed by atoms with Crippen LogP contribution < -0.4 is 10.6 Å². The zero-order valence-corrected chi connectivity index (χ0v) is 14.1. The molecule has 0 spiro atoms. The van der Waals surface area contributed by atoms with Crippen molar-refractivity contribution in [3.8, 4) is 0 Å². The normalized spacial score (nSPS) is 10.7. The maximum absolute atomic E-state index is 11.9. The SMILES string of the molecule is Cc1cccc2sc(NC(=O)CCNC(=O)c3cccs3)nc12. The van der Waals surface area contributed by atoms with Gasteiger partial charge in [-0.1, -0.05) is 29.5 Å². The minimum Gasteiger partial charge on any atom is -0.351 e. The lowest BCUT2D eigenvalue weighted by Crippen LogP contribution is -2.27. The van der Waals surface area contributed by atoms with E-state index in [1.807, 2.05) is 36.6 Å². The number of hydrogen-bond acceptors (Lipinski definition) is 5. The number of thiazole rings is 1. The van der Waals surface area contributed by atoms with E-state index in [4.69, 9.17) is 0 Å². The Bertz CT molecular complexity index is 840. The van der Waals surface area contributed by atoms with E-state index in [-0.39, 0.29) is 18.2 Å². The summed E-state index contributed by atoms with van der Waals surface area (Å²) in [4.78, 5) is 28.8. The molecule has 1 aromatic carbocycles. The van der Waals surface area contributed by atoms with Crippen LogP contribution in [0.5, 0.6) is 0 Å². The summed E-state index contributed by atoms with van der Waals surface area (Å²) in [6, 6.07) is 9.52. The van der Waals surface area contributed by atoms with Crippen molar-refractivity contribution in [2.24, 2.45) is 0 Å². The van der Waals surface area contributed by atoms with Gasteiger partial charge < -0.3 is 10.6 Å². The van der Waals surface area contributed by atoms with Crippen molar-refractivity contribution >= 4 is 49.8 Å². The van der Waals surface area contributed by atoms with Gasteiger partial charge in [-0.05, 0) is 30.0 Å². The Morgan fingerprint density at radius 1 is 1.22 bits per heavy atom. The summed E-state index contributed by atoms with van der Waals surface area (Å²) in [6.45, 7) is 2.29. The number of fused-ring (bicyclic) bond motifs is 1. The molecule has 118 valence electrons. The molecule has 2 amide bonds. The smallest absolute Gasteiger partial charge is 0.261 e. The number of hydrogen-bond donors (Lipinski definition) is 2. The number of carbonyl (C=O) groups excluding carboxylic acids is 2. The average molecular weight is 345 g/mol. The first-order valence-corrected chi connectivity index (χ1v) is 8.81. The molecule has 0 aliphatic heterocycles. The third kappa shape index (κ3) is 3.75. The van der Waals surface area contributed by atoms with Gasteiger partial charge in [-0.2, -0.15) is 0 Å². The van der Waals surface area contributed by atoms with Gasteiger partial charge in [0.05, 0.1) is 15.1 Å². The summed E-state index contributed by atoms with van der Waals surface area (Å²) in [6.07, 6.45) is 0.214. The summed E-state index contributed by atoms with van der Waals surface area (Å²) < 4.78 is 1.05. The number of thiophene rings is 1. The molecule has 5 nitrogen and oxygen atoms in total. The van der Waals surface area contributed by atoms with E-state index in [9.17, 15) is 9.59 Å². The average Bonchev–Trinajstić information content (AvgIpc) is 3.16. The topological polar surface area (TPSA) is 71.1 Å². The van der Waals surface area contributed by atoms with Gasteiger partial charge in [0.1, 0.15) is 0 Å². The molecule has 0 aliphatic rings. The van der Waals surface area contributed by atoms with Gasteiger partial charge in [0.15, 0.2) is 5.13 Å². The molecular formula is C16H15N3O2S2. The fraction of sp³-hybridized carbons (Fsp3) is 0.188. The van der Waals surface area contributed by atoms with Crippen LogP contribution in [0.4, 0.5) is 5.13 Å². The quantitative estimate of drug-likeness (QED) is 0.744. The molecule has 0 aliphatic carbocycles. The van der Waals surface area contributed by atoms with Gasteiger partial charge in [0.2, 0.25) is 5.91 Å². The lowest BCUT2D eigenvalue weighted by Gasteiger charge is -2.03. The Balaban J connectivity index is 1.52. The number of anilines is 1. The third-order valence-corrected chi connectivity index (χ3v) is 5.05. The van der Waals surface area contributed by atoms with Gasteiger partial charge in [-0.15, -0.1) is 11.3 Å². The van der Waals surface area contributed by atoms with Gasteiger partial charge in [-0.25, -0.2) is 4.98 Å². The van der Waals surface area contributed by atoms with Crippen LogP contribution in [0.25, 0.3) is 10.2 Å². The fourth-order valence-corrected chi connectivity index (χ4v) is 3.71. The van der Waals surface area contributed by atoms with Gasteiger partial charge in [-0.3, -0.25) is 9.59 Å². The van der Waals surface area contributed by atoms with Crippen molar-refractivity contribution in [1.29, 1.82) is 0 Å². The standard InChI is InChI=1S/C16H15N3O2S2/c1-10-4-2-5-11-14(10)19-16(23-11)18-13(20)7-8-17-15(21)12-6-3-9-22-12/h2-6,9H,7-8H2,1H3,(H,17,21)(H,18,19,20). The Hall–Kier alpha value is -2.25. The molecule has 3 rings (SSSR count). The van der Waals surface area contributed by atoms with Crippen molar-refractivity contribution in [3.63, 3.8) is 0 Å². The molecule has 0 radical (unpaired) electrons. The van der Waals surface area contributed by atoms with E-state index < -0.39 is 0 Å². The number of benzene rings is 1. The lowest BCUT2D eigenvalue weighted by molar-refractivity contribution is -0.116. The van der Waals surface area contributed by atoms with Crippen LogP contribution in [0.15, 0.2) is 35.7 Å². The molecule has 2 aromatic heterocycles. The second-order valence-corrected chi connectivity index (χ2v) is 6.95. The van der Waals surface area contributed by atoms with Crippen LogP contribution in [-0.4, -0.2) is 23.3 Å². The van der Waals surface area contributed by atoms with E-state index >= 15 is 0 Å². The summed E-state index contributed by atoms with van der Waals surface area (Å²) in [5.74, 6) is -0.309. The molecule has 2 N–H and O–H groups in total. The first-order valence-electron chi connectivity index (χ1n) is 7.11. The predicted molar refractivity (Wildman–Crippen MR) is 94.3 cm³/mol. The van der Waals surface area contributed by atoms with Crippen LogP contribution in [0.1, 0.15) is 21.7 Å². The van der Waals surface area contributed by atoms with E-state index in [1.165, 1.54) is 22.7 Å². The Morgan fingerprint density at radius 2 is 2.09 bits per heavy atom. The molecule has 0 fully saturated rings. The van der Waals surface area contributed by atoms with E-state index in [1.54, 1.807) is 6.07 Å². The molecule has 7 heteroatoms. The zero-order valence-electron chi connectivity index (χ0n) is 12.5. The minimum atomic E-state index is -0.159. The number of aromatic nitrogens is 1. The van der Waals surface area contributed by atoms with E-state index in [0.29, 0.717) is 16.6 Å². The number of amides is 2. The van der Waals surface area contributed by atoms with E-state index in [2.05, 4.69) is 15.6 Å². The maximum atomic E-state index is 11.9. The minimum absolute atomic E-state index is 0.150. The third-order valence-electron chi connectivity index (χ3n) is 3.25. The number of nitrogens with zero attached hydrogens (tertiary/aromatic N) is 1. The van der Waals surface area contributed by atoms with Crippen molar-refractivity contribution in [2.75, 3.05) is 11.9 Å². The molecule has 0 saturated heterocycles. The zero-order chi connectivity index (χ0) is 16.2. The number of carbonyl (C=O) groups is 2. The summed E-state index contributed by atoms with van der Waals surface area (Å²) in [5, 5.41) is 7.95. The van der Waals surface area contributed by atoms with Crippen molar-refractivity contribution in [1.82, 2.24) is 10.3 Å². The Kier molecular flexibility index (Phi) is 4.68. The largest absolute Gasteiger partial charge is 0.351 e. The molecule has 3 aromatic rings. The lowest BCUT2D eigenvalue weighted by atomic mass is 10.2. The molecule has 2 heterocycles. The molecule has 0 unspecified atom stereocenters. The fourth-order valence-electron chi connectivity index (χ4n) is 2.11. The Morgan fingerprint density at radius 3 is 2.83 bits per heavy atom. The monoisotopic (exact) mass is 345 g/mol. The molecular weight excluding hydrogens is 330 g/mol. The van der Waals surface area contributed by atoms with Gasteiger partial charge in [0, 0.05) is 13.0 Å². The van der Waals surface area contributed by atoms with Crippen LogP contribution in [0.2, 0.25) is 0 Å². The summed E-state index contributed by atoms with van der Waals surface area (Å²) >= 11 is 2.82. The number of para-hydroxylation sites is 1. The number of nitrogens with one attached hydrogen (secondary N) is 2. The Labute approximate surface area is 141 Å². The van der Waals surface area contributed by atoms with Crippen molar-refractivity contribution < 1.29 is 9.59 Å².